The summed E-state index contributed by atoms with van der Waals surface area (Å²) < 4.78 is 0. The van der Waals surface area contributed by atoms with Gasteiger partial charge in [0.1, 0.15) is 0 Å². The molecule has 0 saturated heterocycles. The predicted molar refractivity (Wildman–Crippen MR) is 59.2 cm³/mol. The summed E-state index contributed by atoms with van der Waals surface area (Å²) in [4.78, 5) is 0. The van der Waals surface area contributed by atoms with Crippen LogP contribution < -0.4 is 0 Å². The van der Waals surface area contributed by atoms with E-state index in [0.29, 0.717) is 6.42 Å². The summed E-state index contributed by atoms with van der Waals surface area (Å²) in [5.41, 5.74) is 1.94. The Balaban J connectivity index is 2.62. The first-order chi connectivity index (χ1) is 7.35. The van der Waals surface area contributed by atoms with Gasteiger partial charge >= 0.3 is 0 Å². The third kappa shape index (κ3) is 1.83. The van der Waals surface area contributed by atoms with Crippen molar-refractivity contribution in [3.8, 4) is 6.07 Å². The van der Waals surface area contributed by atoms with Crippen molar-refractivity contribution in [3.05, 3.63) is 47.5 Å². The molecule has 0 aromatic heterocycles. The summed E-state index contributed by atoms with van der Waals surface area (Å²) in [7, 11) is 0. The lowest BCUT2D eigenvalue weighted by atomic mass is 10.0. The Hall–Kier alpha value is -1.85. The fourth-order valence-corrected chi connectivity index (χ4v) is 1.74. The topological polar surface area (TPSA) is 44.0 Å². The van der Waals surface area contributed by atoms with Gasteiger partial charge in [-0.1, -0.05) is 30.3 Å². The molecular weight excluding hydrogens is 186 g/mol. The second kappa shape index (κ2) is 4.12. The molecule has 0 spiro atoms. The minimum atomic E-state index is 0.0540. The van der Waals surface area contributed by atoms with E-state index < -0.39 is 0 Å². The average Bonchev–Trinajstić information content (AvgIpc) is 2.29. The van der Waals surface area contributed by atoms with Crippen molar-refractivity contribution in [2.75, 3.05) is 0 Å². The average molecular weight is 197 g/mol. The number of nitriles is 1. The van der Waals surface area contributed by atoms with Crippen LogP contribution in [0.1, 0.15) is 11.1 Å². The van der Waals surface area contributed by atoms with Gasteiger partial charge in [0.05, 0.1) is 19.1 Å². The Morgan fingerprint density at radius 3 is 2.80 bits per heavy atom. The highest BCUT2D eigenvalue weighted by Crippen LogP contribution is 2.20. The Morgan fingerprint density at radius 2 is 2.07 bits per heavy atom. The Labute approximate surface area is 88.4 Å². The normalized spacial score (nSPS) is 10.1. The summed E-state index contributed by atoms with van der Waals surface area (Å²) in [6.07, 6.45) is 0.426. The molecule has 0 fully saturated rings. The first-order valence-electron chi connectivity index (χ1n) is 4.83. The maximum absolute atomic E-state index is 9.02. The molecule has 2 nitrogen and oxygen atoms in total. The van der Waals surface area contributed by atoms with Gasteiger partial charge in [-0.2, -0.15) is 5.26 Å². The van der Waals surface area contributed by atoms with Gasteiger partial charge in [0.15, 0.2) is 0 Å². The highest BCUT2D eigenvalue weighted by Gasteiger charge is 2.00. The highest BCUT2D eigenvalue weighted by atomic mass is 16.3. The van der Waals surface area contributed by atoms with Crippen molar-refractivity contribution in [3.63, 3.8) is 0 Å². The molecule has 0 saturated carbocycles. The smallest absolute Gasteiger partial charge is 0.0682 e. The van der Waals surface area contributed by atoms with E-state index in [1.807, 2.05) is 36.4 Å². The Bertz CT molecular complexity index is 526. The number of fused-ring (bicyclic) bond motifs is 1. The zero-order valence-electron chi connectivity index (χ0n) is 8.27. The molecule has 0 radical (unpaired) electrons. The fraction of sp³-hybridized carbons (Fsp3) is 0.154. The van der Waals surface area contributed by atoms with Crippen molar-refractivity contribution in [2.24, 2.45) is 0 Å². The molecule has 15 heavy (non-hydrogen) atoms. The van der Waals surface area contributed by atoms with E-state index in [2.05, 4.69) is 6.07 Å². The van der Waals surface area contributed by atoms with E-state index in [-0.39, 0.29) is 6.61 Å². The number of aliphatic hydroxyl groups excluding tert-OH is 1. The van der Waals surface area contributed by atoms with Gasteiger partial charge in [0.25, 0.3) is 0 Å². The SMILES string of the molecule is N#CCc1cccc2cc(CO)ccc12. The first-order valence-corrected chi connectivity index (χ1v) is 4.83. The van der Waals surface area contributed by atoms with Gasteiger partial charge in [-0.25, -0.2) is 0 Å². The minimum absolute atomic E-state index is 0.0540. The number of rotatable bonds is 2. The molecule has 0 aliphatic carbocycles. The second-order valence-corrected chi connectivity index (χ2v) is 3.47. The largest absolute Gasteiger partial charge is 0.392 e. The van der Waals surface area contributed by atoms with E-state index in [9.17, 15) is 0 Å². The van der Waals surface area contributed by atoms with Crippen LogP contribution in [0.3, 0.4) is 0 Å². The molecule has 0 amide bonds. The molecule has 74 valence electrons. The lowest BCUT2D eigenvalue weighted by Gasteiger charge is -2.04. The summed E-state index contributed by atoms with van der Waals surface area (Å²) in [6.45, 7) is 0.0540. The van der Waals surface area contributed by atoms with Crippen LogP contribution in [0.4, 0.5) is 0 Å². The number of aliphatic hydroxyl groups is 1. The van der Waals surface area contributed by atoms with E-state index in [1.165, 1.54) is 0 Å². The van der Waals surface area contributed by atoms with Gasteiger partial charge < -0.3 is 5.11 Å². The highest BCUT2D eigenvalue weighted by molar-refractivity contribution is 5.86. The summed E-state index contributed by atoms with van der Waals surface area (Å²) in [5, 5.41) is 19.9. The summed E-state index contributed by atoms with van der Waals surface area (Å²) in [6, 6.07) is 13.9. The third-order valence-electron chi connectivity index (χ3n) is 2.49. The third-order valence-corrected chi connectivity index (χ3v) is 2.49. The molecular formula is C13H11NO. The first kappa shape index (κ1) is 9.70. The number of benzene rings is 2. The fourth-order valence-electron chi connectivity index (χ4n) is 1.74. The Kier molecular flexibility index (Phi) is 2.66. The predicted octanol–water partition coefficient (Wildman–Crippen LogP) is 2.40. The lowest BCUT2D eigenvalue weighted by molar-refractivity contribution is 0.282. The molecule has 0 heterocycles. The van der Waals surface area contributed by atoms with Crippen LogP contribution in [-0.4, -0.2) is 5.11 Å². The van der Waals surface area contributed by atoms with Crippen LogP contribution in [0.5, 0.6) is 0 Å². The van der Waals surface area contributed by atoms with E-state index in [4.69, 9.17) is 10.4 Å². The van der Waals surface area contributed by atoms with Crippen molar-refractivity contribution in [1.82, 2.24) is 0 Å². The van der Waals surface area contributed by atoms with Crippen LogP contribution in [0.2, 0.25) is 0 Å². The molecule has 0 bridgehead atoms. The number of nitrogens with zero attached hydrogens (tertiary/aromatic N) is 1. The zero-order valence-corrected chi connectivity index (χ0v) is 8.27. The van der Waals surface area contributed by atoms with Crippen LogP contribution in [-0.2, 0) is 13.0 Å². The standard InChI is InChI=1S/C13H11NO/c14-7-6-11-2-1-3-12-8-10(9-15)4-5-13(11)12/h1-5,8,15H,6,9H2. The quantitative estimate of drug-likeness (QED) is 0.803. The van der Waals surface area contributed by atoms with Gasteiger partial charge in [-0.15, -0.1) is 0 Å². The van der Waals surface area contributed by atoms with Gasteiger partial charge in [-0.05, 0) is 28.0 Å². The van der Waals surface area contributed by atoms with Crippen LogP contribution in [0.25, 0.3) is 10.8 Å². The maximum Gasteiger partial charge on any atom is 0.0682 e. The molecule has 2 heteroatoms. The Morgan fingerprint density at radius 1 is 1.20 bits per heavy atom. The van der Waals surface area contributed by atoms with Crippen LogP contribution in [0, 0.1) is 11.3 Å². The van der Waals surface area contributed by atoms with E-state index >= 15 is 0 Å². The molecule has 0 unspecified atom stereocenters. The van der Waals surface area contributed by atoms with Gasteiger partial charge in [-0.3, -0.25) is 0 Å². The van der Waals surface area contributed by atoms with Crippen molar-refractivity contribution in [2.45, 2.75) is 13.0 Å². The maximum atomic E-state index is 9.02. The molecule has 2 aromatic carbocycles. The van der Waals surface area contributed by atoms with Crippen LogP contribution in [0.15, 0.2) is 36.4 Å². The van der Waals surface area contributed by atoms with Crippen molar-refractivity contribution < 1.29 is 5.11 Å². The minimum Gasteiger partial charge on any atom is -0.392 e. The molecule has 2 aromatic rings. The molecule has 0 atom stereocenters. The van der Waals surface area contributed by atoms with E-state index in [0.717, 1.165) is 21.9 Å². The molecule has 2 rings (SSSR count). The summed E-state index contributed by atoms with van der Waals surface area (Å²) >= 11 is 0. The van der Waals surface area contributed by atoms with Crippen molar-refractivity contribution in [1.29, 1.82) is 5.26 Å². The molecule has 0 aliphatic rings. The van der Waals surface area contributed by atoms with Crippen molar-refractivity contribution >= 4 is 10.8 Å². The lowest BCUT2D eigenvalue weighted by Crippen LogP contribution is -1.87. The zero-order chi connectivity index (χ0) is 10.7. The number of hydrogen-bond acceptors (Lipinski definition) is 2. The van der Waals surface area contributed by atoms with E-state index in [1.54, 1.807) is 0 Å². The monoisotopic (exact) mass is 197 g/mol. The molecule has 1 N–H and O–H groups in total. The number of hydrogen-bond donors (Lipinski definition) is 1. The summed E-state index contributed by atoms with van der Waals surface area (Å²) in [5.74, 6) is 0. The van der Waals surface area contributed by atoms with Crippen LogP contribution >= 0.6 is 0 Å². The van der Waals surface area contributed by atoms with Gasteiger partial charge in [0.2, 0.25) is 0 Å². The van der Waals surface area contributed by atoms with Gasteiger partial charge in [0, 0.05) is 0 Å². The molecule has 0 aliphatic heterocycles. The second-order valence-electron chi connectivity index (χ2n) is 3.47.